The van der Waals surface area contributed by atoms with Gasteiger partial charge in [0.15, 0.2) is 0 Å². The van der Waals surface area contributed by atoms with Gasteiger partial charge in [0.05, 0.1) is 6.26 Å². The van der Waals surface area contributed by atoms with E-state index >= 15 is 0 Å². The fourth-order valence-electron chi connectivity index (χ4n) is 5.79. The quantitative estimate of drug-likeness (QED) is 0.820. The van der Waals surface area contributed by atoms with Crippen molar-refractivity contribution in [2.24, 2.45) is 11.8 Å². The largest absolute Gasteiger partial charge is 0.356 e. The summed E-state index contributed by atoms with van der Waals surface area (Å²) in [6.07, 6.45) is 3.50. The molecule has 1 amide bonds. The minimum Gasteiger partial charge on any atom is -0.356 e. The Morgan fingerprint density at radius 2 is 1.50 bits per heavy atom. The van der Waals surface area contributed by atoms with Crippen LogP contribution in [0, 0.1) is 11.8 Å². The smallest absolute Gasteiger partial charge is 0.223 e. The van der Waals surface area contributed by atoms with Crippen molar-refractivity contribution in [1.29, 1.82) is 0 Å². The van der Waals surface area contributed by atoms with Gasteiger partial charge in [-0.15, -0.1) is 0 Å². The summed E-state index contributed by atoms with van der Waals surface area (Å²) in [6, 6.07) is 17.5. The topological polar surface area (TPSA) is 66.5 Å². The van der Waals surface area contributed by atoms with Crippen molar-refractivity contribution in [2.45, 2.75) is 31.1 Å². The van der Waals surface area contributed by atoms with Crippen molar-refractivity contribution in [3.8, 4) is 0 Å². The SMILES string of the molecule is CS(=O)(=O)N1CCC(C(=O)NC[C@H]2CC3c4ccccc4C2c2ccccc23)CC1. The molecule has 1 aliphatic heterocycles. The highest BCUT2D eigenvalue weighted by Crippen LogP contribution is 2.55. The number of nitrogens with one attached hydrogen (secondary N) is 1. The maximum absolute atomic E-state index is 12.8. The Morgan fingerprint density at radius 3 is 2.03 bits per heavy atom. The predicted octanol–water partition coefficient (Wildman–Crippen LogP) is 3.07. The van der Waals surface area contributed by atoms with Crippen LogP contribution in [0.4, 0.5) is 0 Å². The molecule has 1 heterocycles. The van der Waals surface area contributed by atoms with Crippen LogP contribution in [0.25, 0.3) is 0 Å². The second-order valence-corrected chi connectivity index (χ2v) is 10.9. The number of nitrogens with zero attached hydrogens (tertiary/aromatic N) is 1. The lowest BCUT2D eigenvalue weighted by Crippen LogP contribution is -2.45. The zero-order valence-corrected chi connectivity index (χ0v) is 18.1. The first-order valence-electron chi connectivity index (χ1n) is 10.8. The molecular weight excluding hydrogens is 396 g/mol. The maximum Gasteiger partial charge on any atom is 0.223 e. The first kappa shape index (κ1) is 19.8. The van der Waals surface area contributed by atoms with E-state index in [1.807, 2.05) is 0 Å². The predicted molar refractivity (Wildman–Crippen MR) is 117 cm³/mol. The van der Waals surface area contributed by atoms with E-state index in [2.05, 4.69) is 53.8 Å². The molecule has 5 nitrogen and oxygen atoms in total. The number of carbonyl (C=O) groups is 1. The van der Waals surface area contributed by atoms with Gasteiger partial charge >= 0.3 is 0 Å². The summed E-state index contributed by atoms with van der Waals surface area (Å²) in [4.78, 5) is 12.8. The summed E-state index contributed by atoms with van der Waals surface area (Å²) in [5.41, 5.74) is 5.70. The molecule has 0 unspecified atom stereocenters. The van der Waals surface area contributed by atoms with E-state index < -0.39 is 10.0 Å². The zero-order chi connectivity index (χ0) is 20.9. The Labute approximate surface area is 178 Å². The standard InChI is InChI=1S/C24H28N2O3S/c1-30(28,29)26-12-10-16(11-13-26)24(27)25-15-17-14-22-18-6-2-4-8-20(18)23(17)21-9-5-3-7-19(21)22/h2-9,16-17,22-23H,10-15H2,1H3,(H,25,27)/t17-,22?,23?/m1/s1. The first-order chi connectivity index (χ1) is 14.4. The average molecular weight is 425 g/mol. The third kappa shape index (κ3) is 3.36. The third-order valence-corrected chi connectivity index (χ3v) is 8.56. The van der Waals surface area contributed by atoms with Gasteiger partial charge in [0, 0.05) is 37.4 Å². The number of sulfonamides is 1. The van der Waals surface area contributed by atoms with Crippen molar-refractivity contribution in [3.63, 3.8) is 0 Å². The Hall–Kier alpha value is -2.18. The highest BCUT2D eigenvalue weighted by molar-refractivity contribution is 7.88. The van der Waals surface area contributed by atoms with Crippen LogP contribution in [0.3, 0.4) is 0 Å². The fourth-order valence-corrected chi connectivity index (χ4v) is 6.66. The second-order valence-electron chi connectivity index (χ2n) is 8.97. The van der Waals surface area contributed by atoms with E-state index in [4.69, 9.17) is 0 Å². The van der Waals surface area contributed by atoms with Gasteiger partial charge < -0.3 is 5.32 Å². The molecule has 1 saturated heterocycles. The van der Waals surface area contributed by atoms with E-state index in [-0.39, 0.29) is 11.8 Å². The van der Waals surface area contributed by atoms with Gasteiger partial charge in [-0.3, -0.25) is 4.79 Å². The summed E-state index contributed by atoms with van der Waals surface area (Å²) >= 11 is 0. The fraction of sp³-hybridized carbons (Fsp3) is 0.458. The van der Waals surface area contributed by atoms with Crippen LogP contribution in [0.15, 0.2) is 48.5 Å². The molecule has 6 heteroatoms. The molecule has 1 fully saturated rings. The van der Waals surface area contributed by atoms with Gasteiger partial charge in [0.1, 0.15) is 0 Å². The zero-order valence-electron chi connectivity index (χ0n) is 17.3. The summed E-state index contributed by atoms with van der Waals surface area (Å²) in [5, 5.41) is 3.22. The minimum atomic E-state index is -3.17. The molecule has 0 spiro atoms. The van der Waals surface area contributed by atoms with Gasteiger partial charge in [-0.2, -0.15) is 0 Å². The van der Waals surface area contributed by atoms with Crippen LogP contribution in [0.2, 0.25) is 0 Å². The molecule has 2 bridgehead atoms. The molecule has 2 aromatic rings. The summed E-state index contributed by atoms with van der Waals surface area (Å²) < 4.78 is 24.9. The Kier molecular flexibility index (Phi) is 4.94. The summed E-state index contributed by atoms with van der Waals surface area (Å²) in [5.74, 6) is 1.10. The number of fused-ring (bicyclic) bond motifs is 1. The van der Waals surface area contributed by atoms with Gasteiger partial charge in [-0.1, -0.05) is 48.5 Å². The van der Waals surface area contributed by atoms with Gasteiger partial charge in [0.25, 0.3) is 0 Å². The first-order valence-corrected chi connectivity index (χ1v) is 12.7. The van der Waals surface area contributed by atoms with E-state index in [0.29, 0.717) is 50.2 Å². The van der Waals surface area contributed by atoms with Crippen LogP contribution in [0.5, 0.6) is 0 Å². The third-order valence-electron chi connectivity index (χ3n) is 7.26. The molecule has 4 aliphatic rings. The van der Waals surface area contributed by atoms with E-state index in [0.717, 1.165) is 6.42 Å². The van der Waals surface area contributed by atoms with Crippen molar-refractivity contribution in [1.82, 2.24) is 9.62 Å². The number of benzene rings is 2. The van der Waals surface area contributed by atoms with E-state index in [1.165, 1.54) is 32.8 Å². The van der Waals surface area contributed by atoms with Crippen molar-refractivity contribution >= 4 is 15.9 Å². The average Bonchev–Trinajstić information content (AvgIpc) is 2.77. The van der Waals surface area contributed by atoms with Gasteiger partial charge in [0.2, 0.25) is 15.9 Å². The summed E-state index contributed by atoms with van der Waals surface area (Å²) in [7, 11) is -3.17. The molecule has 1 N–H and O–H groups in total. The van der Waals surface area contributed by atoms with E-state index in [9.17, 15) is 13.2 Å². The van der Waals surface area contributed by atoms with Crippen molar-refractivity contribution in [2.75, 3.05) is 25.9 Å². The van der Waals surface area contributed by atoms with Crippen LogP contribution in [-0.4, -0.2) is 44.5 Å². The van der Waals surface area contributed by atoms with Crippen LogP contribution >= 0.6 is 0 Å². The van der Waals surface area contributed by atoms with Crippen molar-refractivity contribution in [3.05, 3.63) is 70.8 Å². The Bertz CT molecular complexity index is 1030. The molecule has 2 aromatic carbocycles. The normalized spacial score (nSPS) is 26.1. The van der Waals surface area contributed by atoms with Crippen LogP contribution in [0.1, 0.15) is 53.4 Å². The summed E-state index contributed by atoms with van der Waals surface area (Å²) in [6.45, 7) is 1.55. The number of hydrogen-bond donors (Lipinski definition) is 1. The lowest BCUT2D eigenvalue weighted by atomic mass is 9.59. The molecule has 6 rings (SSSR count). The maximum atomic E-state index is 12.8. The van der Waals surface area contributed by atoms with Crippen LogP contribution < -0.4 is 5.32 Å². The molecule has 3 aliphatic carbocycles. The number of carbonyl (C=O) groups excluding carboxylic acids is 1. The highest BCUT2D eigenvalue weighted by atomic mass is 32.2. The Balaban J connectivity index is 1.29. The van der Waals surface area contributed by atoms with Gasteiger partial charge in [-0.05, 0) is 47.4 Å². The van der Waals surface area contributed by atoms with Crippen molar-refractivity contribution < 1.29 is 13.2 Å². The minimum absolute atomic E-state index is 0.0752. The Morgan fingerprint density at radius 1 is 0.967 bits per heavy atom. The van der Waals surface area contributed by atoms with Crippen LogP contribution in [-0.2, 0) is 14.8 Å². The van der Waals surface area contributed by atoms with Gasteiger partial charge in [-0.25, -0.2) is 12.7 Å². The molecule has 0 saturated carbocycles. The number of amides is 1. The lowest BCUT2D eigenvalue weighted by Gasteiger charge is -2.45. The number of rotatable bonds is 4. The molecule has 30 heavy (non-hydrogen) atoms. The number of hydrogen-bond acceptors (Lipinski definition) is 3. The second kappa shape index (κ2) is 7.50. The lowest BCUT2D eigenvalue weighted by molar-refractivity contribution is -0.126. The molecule has 1 atom stereocenters. The molecular formula is C24H28N2O3S. The molecule has 0 aromatic heterocycles. The molecule has 0 radical (unpaired) electrons. The monoisotopic (exact) mass is 424 g/mol. The highest BCUT2D eigenvalue weighted by Gasteiger charge is 2.43. The number of piperidine rings is 1. The molecule has 158 valence electrons. The van der Waals surface area contributed by atoms with E-state index in [1.54, 1.807) is 0 Å².